The molecule has 2 aliphatic rings. The van der Waals surface area contributed by atoms with Gasteiger partial charge in [-0.1, -0.05) is 36.8 Å². The maximum absolute atomic E-state index is 12.3. The van der Waals surface area contributed by atoms with Crippen molar-refractivity contribution in [2.45, 2.75) is 32.3 Å². The van der Waals surface area contributed by atoms with Crippen molar-refractivity contribution in [3.8, 4) is 0 Å². The Morgan fingerprint density at radius 2 is 1.96 bits per heavy atom. The fraction of sp³-hybridized carbons (Fsp3) is 0.556. The molecule has 1 saturated carbocycles. The Hall–Kier alpha value is -2.04. The third kappa shape index (κ3) is 3.84. The molecular weight excluding hydrogens is 294 g/mol. The SMILES string of the molecule is O=C(O)CC1CCCC2CN(C(=O)OCc3ccccc3)CC12. The maximum atomic E-state index is 12.3. The molecule has 1 amide bonds. The zero-order chi connectivity index (χ0) is 16.2. The van der Waals surface area contributed by atoms with Crippen molar-refractivity contribution in [1.82, 2.24) is 4.90 Å². The van der Waals surface area contributed by atoms with E-state index in [9.17, 15) is 9.59 Å². The van der Waals surface area contributed by atoms with E-state index < -0.39 is 5.97 Å². The van der Waals surface area contributed by atoms with Gasteiger partial charge in [0.2, 0.25) is 0 Å². The van der Waals surface area contributed by atoms with E-state index in [1.165, 1.54) is 0 Å². The summed E-state index contributed by atoms with van der Waals surface area (Å²) in [6.45, 7) is 1.62. The van der Waals surface area contributed by atoms with Crippen molar-refractivity contribution in [2.75, 3.05) is 13.1 Å². The molecule has 3 rings (SSSR count). The van der Waals surface area contributed by atoms with Crippen LogP contribution in [0.4, 0.5) is 4.79 Å². The van der Waals surface area contributed by atoms with Crippen LogP contribution in [0.1, 0.15) is 31.2 Å². The van der Waals surface area contributed by atoms with E-state index in [0.717, 1.165) is 24.8 Å². The minimum absolute atomic E-state index is 0.193. The lowest BCUT2D eigenvalue weighted by molar-refractivity contribution is -0.138. The van der Waals surface area contributed by atoms with Crippen LogP contribution in [-0.4, -0.2) is 35.2 Å². The summed E-state index contributed by atoms with van der Waals surface area (Å²) >= 11 is 0. The van der Waals surface area contributed by atoms with Crippen molar-refractivity contribution < 1.29 is 19.4 Å². The van der Waals surface area contributed by atoms with Crippen molar-refractivity contribution in [2.24, 2.45) is 17.8 Å². The number of carbonyl (C=O) groups excluding carboxylic acids is 1. The van der Waals surface area contributed by atoms with Crippen LogP contribution in [0.15, 0.2) is 30.3 Å². The number of amides is 1. The molecule has 1 aliphatic carbocycles. The highest BCUT2D eigenvalue weighted by Crippen LogP contribution is 2.41. The Balaban J connectivity index is 1.55. The summed E-state index contributed by atoms with van der Waals surface area (Å²) in [5, 5.41) is 9.07. The number of rotatable bonds is 4. The van der Waals surface area contributed by atoms with Gasteiger partial charge in [0.15, 0.2) is 0 Å². The molecule has 5 nitrogen and oxygen atoms in total. The van der Waals surface area contributed by atoms with Gasteiger partial charge in [-0.2, -0.15) is 0 Å². The molecule has 23 heavy (non-hydrogen) atoms. The molecule has 2 fully saturated rings. The highest BCUT2D eigenvalue weighted by atomic mass is 16.6. The zero-order valence-electron chi connectivity index (χ0n) is 13.2. The average Bonchev–Trinajstić information content (AvgIpc) is 2.98. The average molecular weight is 317 g/mol. The molecule has 1 aromatic rings. The van der Waals surface area contributed by atoms with Crippen LogP contribution in [0.5, 0.6) is 0 Å². The Morgan fingerprint density at radius 1 is 1.17 bits per heavy atom. The molecule has 3 unspecified atom stereocenters. The first-order valence-electron chi connectivity index (χ1n) is 8.31. The molecule has 1 aromatic carbocycles. The van der Waals surface area contributed by atoms with Crippen LogP contribution in [0.3, 0.4) is 0 Å². The summed E-state index contributed by atoms with van der Waals surface area (Å²) in [5.41, 5.74) is 0.973. The summed E-state index contributed by atoms with van der Waals surface area (Å²) in [6, 6.07) is 9.63. The monoisotopic (exact) mass is 317 g/mol. The second kappa shape index (κ2) is 7.02. The van der Waals surface area contributed by atoms with Gasteiger partial charge >= 0.3 is 12.1 Å². The smallest absolute Gasteiger partial charge is 0.410 e. The standard InChI is InChI=1S/C18H23NO4/c20-17(21)9-14-7-4-8-15-10-19(11-16(14)15)18(22)23-12-13-5-2-1-3-6-13/h1-3,5-6,14-16H,4,7-12H2,(H,20,21). The second-order valence-electron chi connectivity index (χ2n) is 6.66. The van der Waals surface area contributed by atoms with Gasteiger partial charge in [-0.25, -0.2) is 4.79 Å². The van der Waals surface area contributed by atoms with Gasteiger partial charge < -0.3 is 14.7 Å². The minimum Gasteiger partial charge on any atom is -0.481 e. The minimum atomic E-state index is -0.735. The number of fused-ring (bicyclic) bond motifs is 1. The summed E-state index contributed by atoms with van der Waals surface area (Å²) in [5.74, 6) is 0.195. The molecule has 0 bridgehead atoms. The van der Waals surface area contributed by atoms with Crippen molar-refractivity contribution in [3.63, 3.8) is 0 Å². The van der Waals surface area contributed by atoms with Gasteiger partial charge in [0, 0.05) is 19.5 Å². The summed E-state index contributed by atoms with van der Waals surface area (Å²) in [7, 11) is 0. The summed E-state index contributed by atoms with van der Waals surface area (Å²) in [4.78, 5) is 25.1. The first-order valence-corrected chi connectivity index (χ1v) is 8.31. The van der Waals surface area contributed by atoms with E-state index in [2.05, 4.69) is 0 Å². The number of hydrogen-bond acceptors (Lipinski definition) is 3. The number of nitrogens with zero attached hydrogens (tertiary/aromatic N) is 1. The molecule has 5 heteroatoms. The predicted molar refractivity (Wildman–Crippen MR) is 84.8 cm³/mol. The highest BCUT2D eigenvalue weighted by Gasteiger charge is 2.42. The van der Waals surface area contributed by atoms with Crippen molar-refractivity contribution >= 4 is 12.1 Å². The maximum Gasteiger partial charge on any atom is 0.410 e. The number of likely N-dealkylation sites (tertiary alicyclic amines) is 1. The fourth-order valence-electron chi connectivity index (χ4n) is 4.03. The van der Waals surface area contributed by atoms with Crippen LogP contribution in [0, 0.1) is 17.8 Å². The molecule has 3 atom stereocenters. The Bertz CT molecular complexity index is 559. The Kier molecular flexibility index (Phi) is 4.84. The lowest BCUT2D eigenvalue weighted by atomic mass is 9.72. The normalized spacial score (nSPS) is 26.6. The van der Waals surface area contributed by atoms with E-state index in [1.807, 2.05) is 30.3 Å². The van der Waals surface area contributed by atoms with E-state index in [-0.39, 0.29) is 25.0 Å². The number of hydrogen-bond donors (Lipinski definition) is 1. The number of ether oxygens (including phenoxy) is 1. The van der Waals surface area contributed by atoms with Crippen LogP contribution in [0.2, 0.25) is 0 Å². The largest absolute Gasteiger partial charge is 0.481 e. The molecule has 1 saturated heterocycles. The molecule has 1 N–H and O–H groups in total. The van der Waals surface area contributed by atoms with Crippen LogP contribution < -0.4 is 0 Å². The molecule has 0 radical (unpaired) electrons. The molecule has 0 aromatic heterocycles. The van der Waals surface area contributed by atoms with Gasteiger partial charge in [-0.15, -0.1) is 0 Å². The summed E-state index contributed by atoms with van der Waals surface area (Å²) in [6.07, 6.45) is 3.04. The van der Waals surface area contributed by atoms with Crippen LogP contribution in [-0.2, 0) is 16.1 Å². The third-order valence-corrected chi connectivity index (χ3v) is 5.15. The molecule has 1 aliphatic heterocycles. The van der Waals surface area contributed by atoms with Gasteiger partial charge in [0.25, 0.3) is 0 Å². The molecule has 124 valence electrons. The van der Waals surface area contributed by atoms with E-state index in [4.69, 9.17) is 9.84 Å². The number of benzene rings is 1. The van der Waals surface area contributed by atoms with Gasteiger partial charge in [-0.3, -0.25) is 4.79 Å². The van der Waals surface area contributed by atoms with Gasteiger partial charge in [0.05, 0.1) is 0 Å². The van der Waals surface area contributed by atoms with Gasteiger partial charge in [-0.05, 0) is 36.2 Å². The Labute approximate surface area is 136 Å². The lowest BCUT2D eigenvalue weighted by Crippen LogP contribution is -2.31. The van der Waals surface area contributed by atoms with E-state index >= 15 is 0 Å². The van der Waals surface area contributed by atoms with E-state index in [1.54, 1.807) is 4.90 Å². The molecular formula is C18H23NO4. The zero-order valence-corrected chi connectivity index (χ0v) is 13.2. The predicted octanol–water partition coefficient (Wildman–Crippen LogP) is 3.15. The van der Waals surface area contributed by atoms with Crippen molar-refractivity contribution in [3.05, 3.63) is 35.9 Å². The quantitative estimate of drug-likeness (QED) is 0.926. The Morgan fingerprint density at radius 3 is 2.70 bits per heavy atom. The highest BCUT2D eigenvalue weighted by molar-refractivity contribution is 5.68. The fourth-order valence-corrected chi connectivity index (χ4v) is 4.03. The first kappa shape index (κ1) is 15.8. The second-order valence-corrected chi connectivity index (χ2v) is 6.66. The third-order valence-electron chi connectivity index (χ3n) is 5.15. The molecule has 0 spiro atoms. The molecule has 1 heterocycles. The van der Waals surface area contributed by atoms with Crippen molar-refractivity contribution in [1.29, 1.82) is 0 Å². The number of carboxylic acid groups (broad SMARTS) is 1. The number of carboxylic acids is 1. The number of carbonyl (C=O) groups is 2. The van der Waals surface area contributed by atoms with E-state index in [0.29, 0.717) is 24.9 Å². The van der Waals surface area contributed by atoms with Crippen LogP contribution in [0.25, 0.3) is 0 Å². The topological polar surface area (TPSA) is 66.8 Å². The lowest BCUT2D eigenvalue weighted by Gasteiger charge is -2.31. The summed E-state index contributed by atoms with van der Waals surface area (Å²) < 4.78 is 5.41. The van der Waals surface area contributed by atoms with Gasteiger partial charge in [0.1, 0.15) is 6.61 Å². The van der Waals surface area contributed by atoms with Crippen LogP contribution >= 0.6 is 0 Å². The first-order chi connectivity index (χ1) is 11.1. The number of aliphatic carboxylic acids is 1.